The first-order valence-electron chi connectivity index (χ1n) is 9.00. The van der Waals surface area contributed by atoms with Gasteiger partial charge in [-0.25, -0.2) is 0 Å². The average Bonchev–Trinajstić information content (AvgIpc) is 2.68. The van der Waals surface area contributed by atoms with Crippen LogP contribution in [-0.2, 0) is 4.79 Å². The number of aliphatic carboxylic acids is 1. The number of benzene rings is 2. The maximum absolute atomic E-state index is 13.1. The van der Waals surface area contributed by atoms with Crippen LogP contribution in [0, 0.1) is 11.8 Å². The highest BCUT2D eigenvalue weighted by Crippen LogP contribution is 2.27. The topological polar surface area (TPSA) is 78.9 Å². The Morgan fingerprint density at radius 3 is 2.48 bits per heavy atom. The van der Waals surface area contributed by atoms with Gasteiger partial charge in [-0.1, -0.05) is 19.1 Å². The molecule has 1 fully saturated rings. The van der Waals surface area contributed by atoms with Crippen molar-refractivity contribution in [2.75, 3.05) is 25.5 Å². The van der Waals surface area contributed by atoms with E-state index < -0.39 is 11.9 Å². The van der Waals surface area contributed by atoms with Gasteiger partial charge in [-0.05, 0) is 48.7 Å². The van der Waals surface area contributed by atoms with Crippen molar-refractivity contribution in [1.82, 2.24) is 4.90 Å². The molecular formula is C21H24N2O4. The summed E-state index contributed by atoms with van der Waals surface area (Å²) in [5.74, 6) is -0.592. The number of carbonyl (C=O) groups is 2. The van der Waals surface area contributed by atoms with E-state index in [1.54, 1.807) is 18.1 Å². The highest BCUT2D eigenvalue weighted by molar-refractivity contribution is 6.00. The van der Waals surface area contributed by atoms with Gasteiger partial charge in [0.05, 0.1) is 24.3 Å². The number of likely N-dealkylation sites (tertiary alicyclic amines) is 1. The Kier molecular flexibility index (Phi) is 5.64. The second-order valence-electron chi connectivity index (χ2n) is 6.99. The fourth-order valence-corrected chi connectivity index (χ4v) is 3.48. The van der Waals surface area contributed by atoms with E-state index in [0.29, 0.717) is 24.2 Å². The van der Waals surface area contributed by atoms with Gasteiger partial charge in [0.25, 0.3) is 5.91 Å². The van der Waals surface area contributed by atoms with E-state index in [-0.39, 0.29) is 18.4 Å². The molecule has 0 radical (unpaired) electrons. The number of nitrogens with one attached hydrogen (secondary N) is 1. The minimum Gasteiger partial charge on any atom is -0.497 e. The summed E-state index contributed by atoms with van der Waals surface area (Å²) in [5.41, 5.74) is 2.07. The SMILES string of the molecule is COc1ccc(Nc2ccccc2C(=O)N2CC(C)CC(C(=O)O)C2)cc1. The Hall–Kier alpha value is -3.02. The zero-order valence-corrected chi connectivity index (χ0v) is 15.5. The van der Waals surface area contributed by atoms with Crippen LogP contribution in [-0.4, -0.2) is 42.1 Å². The number of carboxylic acids is 1. The normalized spacial score (nSPS) is 19.4. The predicted octanol–water partition coefficient (Wildman–Crippen LogP) is 3.62. The summed E-state index contributed by atoms with van der Waals surface area (Å²) in [5, 5.41) is 12.6. The molecule has 1 saturated heterocycles. The third kappa shape index (κ3) is 4.39. The highest BCUT2D eigenvalue weighted by Gasteiger charge is 2.32. The van der Waals surface area contributed by atoms with Crippen LogP contribution in [0.1, 0.15) is 23.7 Å². The number of rotatable bonds is 5. The molecule has 2 unspecified atom stereocenters. The first-order valence-corrected chi connectivity index (χ1v) is 9.00. The zero-order chi connectivity index (χ0) is 19.4. The lowest BCUT2D eigenvalue weighted by Gasteiger charge is -2.35. The molecule has 0 saturated carbocycles. The van der Waals surface area contributed by atoms with Gasteiger partial charge in [-0.3, -0.25) is 9.59 Å². The quantitative estimate of drug-likeness (QED) is 0.843. The molecular weight excluding hydrogens is 344 g/mol. The minimum absolute atomic E-state index is 0.149. The summed E-state index contributed by atoms with van der Waals surface area (Å²) in [4.78, 5) is 26.2. The van der Waals surface area contributed by atoms with Crippen LogP contribution in [0.3, 0.4) is 0 Å². The van der Waals surface area contributed by atoms with Crippen molar-refractivity contribution in [3.8, 4) is 5.75 Å². The number of hydrogen-bond acceptors (Lipinski definition) is 4. The number of amides is 1. The molecule has 0 aliphatic carbocycles. The molecule has 142 valence electrons. The monoisotopic (exact) mass is 368 g/mol. The molecule has 2 atom stereocenters. The van der Waals surface area contributed by atoms with E-state index in [2.05, 4.69) is 5.32 Å². The predicted molar refractivity (Wildman–Crippen MR) is 104 cm³/mol. The van der Waals surface area contributed by atoms with E-state index in [9.17, 15) is 14.7 Å². The number of carboxylic acid groups (broad SMARTS) is 1. The van der Waals surface area contributed by atoms with Crippen LogP contribution < -0.4 is 10.1 Å². The summed E-state index contributed by atoms with van der Waals surface area (Å²) in [6, 6.07) is 14.7. The van der Waals surface area contributed by atoms with E-state index in [1.807, 2.05) is 49.4 Å². The minimum atomic E-state index is -0.844. The van der Waals surface area contributed by atoms with Gasteiger partial charge in [0.15, 0.2) is 0 Å². The van der Waals surface area contributed by atoms with Crippen LogP contribution >= 0.6 is 0 Å². The molecule has 0 aromatic heterocycles. The average molecular weight is 368 g/mol. The number of anilines is 2. The lowest BCUT2D eigenvalue weighted by atomic mass is 9.90. The fourth-order valence-electron chi connectivity index (χ4n) is 3.48. The lowest BCUT2D eigenvalue weighted by Crippen LogP contribution is -2.45. The molecule has 3 rings (SSSR count). The zero-order valence-electron chi connectivity index (χ0n) is 15.5. The largest absolute Gasteiger partial charge is 0.497 e. The Morgan fingerprint density at radius 1 is 1.11 bits per heavy atom. The third-order valence-corrected chi connectivity index (χ3v) is 4.82. The molecule has 1 amide bonds. The molecule has 2 N–H and O–H groups in total. The Labute approximate surface area is 158 Å². The number of piperidine rings is 1. The van der Waals surface area contributed by atoms with E-state index in [0.717, 1.165) is 11.4 Å². The van der Waals surface area contributed by atoms with Crippen molar-refractivity contribution >= 4 is 23.3 Å². The Morgan fingerprint density at radius 2 is 1.81 bits per heavy atom. The molecule has 1 aliphatic heterocycles. The van der Waals surface area contributed by atoms with Gasteiger partial charge in [-0.2, -0.15) is 0 Å². The molecule has 6 heteroatoms. The maximum Gasteiger partial charge on any atom is 0.308 e. The number of methoxy groups -OCH3 is 1. The van der Waals surface area contributed by atoms with Crippen LogP contribution in [0.2, 0.25) is 0 Å². The summed E-state index contributed by atoms with van der Waals surface area (Å²) in [7, 11) is 1.61. The highest BCUT2D eigenvalue weighted by atomic mass is 16.5. The van der Waals surface area contributed by atoms with Crippen molar-refractivity contribution in [2.45, 2.75) is 13.3 Å². The second kappa shape index (κ2) is 8.12. The molecule has 0 bridgehead atoms. The van der Waals surface area contributed by atoms with Crippen molar-refractivity contribution in [3.63, 3.8) is 0 Å². The molecule has 2 aromatic carbocycles. The molecule has 2 aromatic rings. The Bertz CT molecular complexity index is 819. The fraction of sp³-hybridized carbons (Fsp3) is 0.333. The number of carbonyl (C=O) groups excluding carboxylic acids is 1. The molecule has 1 aliphatic rings. The Balaban J connectivity index is 1.81. The first-order chi connectivity index (χ1) is 13.0. The third-order valence-electron chi connectivity index (χ3n) is 4.82. The molecule has 0 spiro atoms. The second-order valence-corrected chi connectivity index (χ2v) is 6.99. The van der Waals surface area contributed by atoms with Gasteiger partial charge >= 0.3 is 5.97 Å². The summed E-state index contributed by atoms with van der Waals surface area (Å²) in [6.45, 7) is 2.80. The van der Waals surface area contributed by atoms with Gasteiger partial charge in [0.2, 0.25) is 0 Å². The summed E-state index contributed by atoms with van der Waals surface area (Å²) >= 11 is 0. The van der Waals surface area contributed by atoms with Gasteiger partial charge in [0, 0.05) is 18.8 Å². The van der Waals surface area contributed by atoms with Crippen molar-refractivity contribution in [2.24, 2.45) is 11.8 Å². The van der Waals surface area contributed by atoms with E-state index in [4.69, 9.17) is 4.74 Å². The van der Waals surface area contributed by atoms with Crippen LogP contribution in [0.4, 0.5) is 11.4 Å². The molecule has 27 heavy (non-hydrogen) atoms. The van der Waals surface area contributed by atoms with Crippen molar-refractivity contribution in [1.29, 1.82) is 0 Å². The van der Waals surface area contributed by atoms with Crippen LogP contribution in [0.25, 0.3) is 0 Å². The number of para-hydroxylation sites is 1. The smallest absolute Gasteiger partial charge is 0.308 e. The molecule has 1 heterocycles. The van der Waals surface area contributed by atoms with Crippen molar-refractivity contribution in [3.05, 3.63) is 54.1 Å². The van der Waals surface area contributed by atoms with Crippen LogP contribution in [0.15, 0.2) is 48.5 Å². The van der Waals surface area contributed by atoms with Crippen molar-refractivity contribution < 1.29 is 19.4 Å². The van der Waals surface area contributed by atoms with Gasteiger partial charge in [-0.15, -0.1) is 0 Å². The standard InChI is InChI=1S/C21H24N2O4/c1-14-11-15(21(25)26)13-23(12-14)20(24)18-5-3-4-6-19(18)22-16-7-9-17(27-2)10-8-16/h3-10,14-15,22H,11-13H2,1-2H3,(H,25,26). The summed E-state index contributed by atoms with van der Waals surface area (Å²) in [6.07, 6.45) is 0.602. The first kappa shape index (κ1) is 18.8. The number of nitrogens with zero attached hydrogens (tertiary/aromatic N) is 1. The van der Waals surface area contributed by atoms with Gasteiger partial charge < -0.3 is 20.1 Å². The maximum atomic E-state index is 13.1. The van der Waals surface area contributed by atoms with E-state index in [1.165, 1.54) is 0 Å². The summed E-state index contributed by atoms with van der Waals surface area (Å²) < 4.78 is 5.16. The molecule has 6 nitrogen and oxygen atoms in total. The van der Waals surface area contributed by atoms with E-state index >= 15 is 0 Å². The number of ether oxygens (including phenoxy) is 1. The van der Waals surface area contributed by atoms with Gasteiger partial charge in [0.1, 0.15) is 5.75 Å². The van der Waals surface area contributed by atoms with Crippen LogP contribution in [0.5, 0.6) is 5.75 Å². The lowest BCUT2D eigenvalue weighted by molar-refractivity contribution is -0.143. The number of hydrogen-bond donors (Lipinski definition) is 2.